The first-order chi connectivity index (χ1) is 9.88. The van der Waals surface area contributed by atoms with Gasteiger partial charge in [-0.25, -0.2) is 0 Å². The fraction of sp³-hybridized carbons (Fsp3) is 0.529. The van der Waals surface area contributed by atoms with Crippen LogP contribution in [0.1, 0.15) is 49.5 Å². The number of thiocarbonyl (C=S) groups is 1. The molecule has 0 amide bonds. The number of hydrogen-bond donors (Lipinski definition) is 0. The highest BCUT2D eigenvalue weighted by atomic mass is 32.2. The van der Waals surface area contributed by atoms with Crippen molar-refractivity contribution in [1.29, 1.82) is 0 Å². The van der Waals surface area contributed by atoms with Crippen molar-refractivity contribution in [2.75, 3.05) is 18.8 Å². The Hall–Kier alpha value is -0.870. The molecular formula is C17H23NOS2. The molecule has 0 radical (unpaired) electrons. The van der Waals surface area contributed by atoms with Crippen LogP contribution in [0.2, 0.25) is 0 Å². The van der Waals surface area contributed by atoms with Crippen molar-refractivity contribution in [3.63, 3.8) is 0 Å². The summed E-state index contributed by atoms with van der Waals surface area (Å²) in [6.07, 6.45) is 2.42. The van der Waals surface area contributed by atoms with E-state index < -0.39 is 0 Å². The first-order valence-electron chi connectivity index (χ1n) is 7.43. The minimum Gasteiger partial charge on any atom is -0.358 e. The zero-order chi connectivity index (χ0) is 15.5. The molecule has 1 aromatic rings. The number of thioether (sulfide) groups is 1. The molecule has 0 bridgehead atoms. The number of hydrogen-bond acceptors (Lipinski definition) is 3. The maximum Gasteiger partial charge on any atom is 0.173 e. The van der Waals surface area contributed by atoms with Gasteiger partial charge in [-0.05, 0) is 23.8 Å². The lowest BCUT2D eigenvalue weighted by Crippen LogP contribution is -2.24. The van der Waals surface area contributed by atoms with Crippen LogP contribution in [0.15, 0.2) is 24.3 Å². The SMILES string of the molecule is CC(C)(C)c1ccc(C(=O)CSC(=S)N2CCCC2)cc1. The molecule has 1 aromatic carbocycles. The van der Waals surface area contributed by atoms with Gasteiger partial charge in [0.15, 0.2) is 5.78 Å². The minimum absolute atomic E-state index is 0.119. The molecule has 1 fully saturated rings. The average Bonchev–Trinajstić information content (AvgIpc) is 2.98. The van der Waals surface area contributed by atoms with Crippen LogP contribution in [0.3, 0.4) is 0 Å². The quantitative estimate of drug-likeness (QED) is 0.611. The highest BCUT2D eigenvalue weighted by Gasteiger charge is 2.17. The molecule has 1 aliphatic rings. The topological polar surface area (TPSA) is 20.3 Å². The van der Waals surface area contributed by atoms with E-state index in [-0.39, 0.29) is 11.2 Å². The van der Waals surface area contributed by atoms with E-state index in [4.69, 9.17) is 12.2 Å². The monoisotopic (exact) mass is 321 g/mol. The molecule has 114 valence electrons. The lowest BCUT2D eigenvalue weighted by molar-refractivity contribution is 0.102. The van der Waals surface area contributed by atoms with Gasteiger partial charge in [-0.15, -0.1) is 0 Å². The summed E-state index contributed by atoms with van der Waals surface area (Å²) in [5.74, 6) is 0.589. The molecule has 0 saturated carbocycles. The summed E-state index contributed by atoms with van der Waals surface area (Å²) >= 11 is 6.88. The zero-order valence-electron chi connectivity index (χ0n) is 13.0. The second-order valence-electron chi connectivity index (χ2n) is 6.50. The normalized spacial score (nSPS) is 15.3. The van der Waals surface area contributed by atoms with E-state index in [0.29, 0.717) is 5.75 Å². The van der Waals surface area contributed by atoms with Crippen molar-refractivity contribution >= 4 is 34.1 Å². The number of nitrogens with zero attached hydrogens (tertiary/aromatic N) is 1. The summed E-state index contributed by atoms with van der Waals surface area (Å²) < 4.78 is 0.868. The summed E-state index contributed by atoms with van der Waals surface area (Å²) in [6.45, 7) is 8.61. The number of Topliss-reactive ketones (excluding diaryl/α,β-unsaturated/α-hetero) is 1. The second kappa shape index (κ2) is 6.93. The Morgan fingerprint density at radius 2 is 1.76 bits per heavy atom. The van der Waals surface area contributed by atoms with Crippen molar-refractivity contribution in [3.05, 3.63) is 35.4 Å². The lowest BCUT2D eigenvalue weighted by Gasteiger charge is -2.19. The number of likely N-dealkylation sites (tertiary alicyclic amines) is 1. The summed E-state index contributed by atoms with van der Waals surface area (Å²) in [6, 6.07) is 7.97. The molecule has 0 aromatic heterocycles. The molecule has 21 heavy (non-hydrogen) atoms. The van der Waals surface area contributed by atoms with Crippen molar-refractivity contribution in [2.24, 2.45) is 0 Å². The zero-order valence-corrected chi connectivity index (χ0v) is 14.6. The summed E-state index contributed by atoms with van der Waals surface area (Å²) in [5, 5.41) is 0. The predicted molar refractivity (Wildman–Crippen MR) is 95.3 cm³/mol. The van der Waals surface area contributed by atoms with Crippen LogP contribution in [0.25, 0.3) is 0 Å². The first kappa shape index (κ1) is 16.5. The molecule has 0 aliphatic carbocycles. The third-order valence-electron chi connectivity index (χ3n) is 3.76. The van der Waals surface area contributed by atoms with E-state index in [1.807, 2.05) is 12.1 Å². The Labute approximate surface area is 137 Å². The standard InChI is InChI=1S/C17H23NOS2/c1-17(2,3)14-8-6-13(7-9-14)15(19)12-21-16(20)18-10-4-5-11-18/h6-9H,4-5,10-12H2,1-3H3. The van der Waals surface area contributed by atoms with Crippen LogP contribution in [0, 0.1) is 0 Å². The number of benzene rings is 1. The van der Waals surface area contributed by atoms with E-state index in [2.05, 4.69) is 37.8 Å². The van der Waals surface area contributed by atoms with Crippen LogP contribution < -0.4 is 0 Å². The van der Waals surface area contributed by atoms with Crippen LogP contribution in [-0.4, -0.2) is 33.8 Å². The van der Waals surface area contributed by atoms with Gasteiger partial charge >= 0.3 is 0 Å². The molecule has 0 spiro atoms. The average molecular weight is 322 g/mol. The fourth-order valence-corrected chi connectivity index (χ4v) is 3.50. The van der Waals surface area contributed by atoms with Crippen LogP contribution in [0.5, 0.6) is 0 Å². The van der Waals surface area contributed by atoms with Gasteiger partial charge in [-0.1, -0.05) is 69.0 Å². The Bertz CT molecular complexity index is 511. The van der Waals surface area contributed by atoms with E-state index in [9.17, 15) is 4.79 Å². The van der Waals surface area contributed by atoms with E-state index in [1.54, 1.807) is 0 Å². The van der Waals surface area contributed by atoms with Gasteiger partial charge in [0.1, 0.15) is 4.32 Å². The highest BCUT2D eigenvalue weighted by Crippen LogP contribution is 2.23. The Balaban J connectivity index is 1.89. The fourth-order valence-electron chi connectivity index (χ4n) is 2.36. The van der Waals surface area contributed by atoms with Crippen molar-refractivity contribution in [2.45, 2.75) is 39.0 Å². The first-order valence-corrected chi connectivity index (χ1v) is 8.83. The van der Waals surface area contributed by atoms with Gasteiger partial charge in [0.2, 0.25) is 0 Å². The minimum atomic E-state index is 0.119. The highest BCUT2D eigenvalue weighted by molar-refractivity contribution is 8.23. The lowest BCUT2D eigenvalue weighted by atomic mass is 9.86. The number of rotatable bonds is 3. The molecule has 0 atom stereocenters. The Morgan fingerprint density at radius 1 is 1.19 bits per heavy atom. The van der Waals surface area contributed by atoms with Gasteiger partial charge < -0.3 is 4.90 Å². The Morgan fingerprint density at radius 3 is 2.29 bits per heavy atom. The molecule has 0 N–H and O–H groups in total. The van der Waals surface area contributed by atoms with Gasteiger partial charge in [-0.3, -0.25) is 4.79 Å². The molecule has 1 saturated heterocycles. The van der Waals surface area contributed by atoms with Crippen molar-refractivity contribution in [3.8, 4) is 0 Å². The largest absolute Gasteiger partial charge is 0.358 e. The maximum atomic E-state index is 12.2. The smallest absolute Gasteiger partial charge is 0.173 e. The number of carbonyl (C=O) groups is 1. The predicted octanol–water partition coefficient (Wildman–Crippen LogP) is 4.28. The van der Waals surface area contributed by atoms with Crippen LogP contribution >= 0.6 is 24.0 Å². The molecule has 2 nitrogen and oxygen atoms in total. The third-order valence-corrected chi connectivity index (χ3v) is 5.29. The van der Waals surface area contributed by atoms with E-state index >= 15 is 0 Å². The van der Waals surface area contributed by atoms with Gasteiger partial charge in [0.25, 0.3) is 0 Å². The molecule has 1 heterocycles. The number of ketones is 1. The Kier molecular flexibility index (Phi) is 5.44. The number of carbonyl (C=O) groups excluding carboxylic acids is 1. The molecule has 0 unspecified atom stereocenters. The van der Waals surface area contributed by atoms with Crippen molar-refractivity contribution < 1.29 is 4.79 Å². The summed E-state index contributed by atoms with van der Waals surface area (Å²) in [7, 11) is 0. The second-order valence-corrected chi connectivity index (χ2v) is 8.11. The van der Waals surface area contributed by atoms with Gasteiger partial charge in [0, 0.05) is 18.7 Å². The third kappa shape index (κ3) is 4.55. The van der Waals surface area contributed by atoms with Gasteiger partial charge in [0.05, 0.1) is 5.75 Å². The van der Waals surface area contributed by atoms with E-state index in [0.717, 1.165) is 23.0 Å². The van der Waals surface area contributed by atoms with E-state index in [1.165, 1.54) is 30.2 Å². The molecule has 1 aliphatic heterocycles. The van der Waals surface area contributed by atoms with Crippen LogP contribution in [-0.2, 0) is 5.41 Å². The van der Waals surface area contributed by atoms with Crippen LogP contribution in [0.4, 0.5) is 0 Å². The maximum absolute atomic E-state index is 12.2. The molecule has 4 heteroatoms. The summed E-state index contributed by atoms with van der Waals surface area (Å²) in [5.41, 5.74) is 2.15. The molecular weight excluding hydrogens is 298 g/mol. The van der Waals surface area contributed by atoms with Gasteiger partial charge in [-0.2, -0.15) is 0 Å². The molecule has 2 rings (SSSR count). The summed E-state index contributed by atoms with van der Waals surface area (Å²) in [4.78, 5) is 14.4. The van der Waals surface area contributed by atoms with Crippen molar-refractivity contribution in [1.82, 2.24) is 4.90 Å².